The zero-order chi connectivity index (χ0) is 10.1. The number of carbonyl (C=O) groups excluding carboxylic acids is 1. The number of hydrogen-bond donors (Lipinski definition) is 2. The van der Waals surface area contributed by atoms with E-state index in [0.717, 1.165) is 13.1 Å². The fraction of sp³-hybridized carbons (Fsp3) is 0.500. The molecule has 5 heteroatoms. The third-order valence-electron chi connectivity index (χ3n) is 1.18. The Labute approximate surface area is 82.2 Å². The molecule has 0 radical (unpaired) electrons. The van der Waals surface area contributed by atoms with E-state index in [1.165, 1.54) is 17.5 Å². The highest BCUT2D eigenvalue weighted by molar-refractivity contribution is 7.11. The maximum Gasteiger partial charge on any atom is 0.260 e. The molecule has 0 bridgehead atoms. The Kier molecular flexibility index (Phi) is 7.14. The van der Waals surface area contributed by atoms with Crippen molar-refractivity contribution in [1.29, 1.82) is 0 Å². The van der Waals surface area contributed by atoms with Crippen molar-refractivity contribution in [2.75, 3.05) is 13.1 Å². The second-order valence-corrected chi connectivity index (χ2v) is 3.07. The maximum atomic E-state index is 10.3. The fourth-order valence-electron chi connectivity index (χ4n) is 0.587. The van der Waals surface area contributed by atoms with E-state index in [4.69, 9.17) is 5.73 Å². The highest BCUT2D eigenvalue weighted by atomic mass is 32.1. The molecular weight excluding hydrogens is 186 g/mol. The van der Waals surface area contributed by atoms with Crippen LogP contribution < -0.4 is 11.1 Å². The molecule has 0 saturated heterocycles. The SMILES string of the molecule is CCNCC.NC(=O)c1cncs1. The predicted molar refractivity (Wildman–Crippen MR) is 54.8 cm³/mol. The summed E-state index contributed by atoms with van der Waals surface area (Å²) in [4.78, 5) is 14.4. The van der Waals surface area contributed by atoms with E-state index in [-0.39, 0.29) is 0 Å². The number of amides is 1. The number of nitrogens with two attached hydrogens (primary N) is 1. The number of nitrogens with one attached hydrogen (secondary N) is 1. The molecule has 4 nitrogen and oxygen atoms in total. The van der Waals surface area contributed by atoms with Crippen molar-refractivity contribution in [1.82, 2.24) is 10.3 Å². The minimum Gasteiger partial charge on any atom is -0.365 e. The average Bonchev–Trinajstić information content (AvgIpc) is 2.58. The van der Waals surface area contributed by atoms with Crippen molar-refractivity contribution in [3.05, 3.63) is 16.6 Å². The van der Waals surface area contributed by atoms with Crippen LogP contribution in [-0.4, -0.2) is 24.0 Å². The molecule has 0 spiro atoms. The Balaban J connectivity index is 0.000000252. The highest BCUT2D eigenvalue weighted by Gasteiger charge is 1.97. The Bertz CT molecular complexity index is 221. The number of thiazole rings is 1. The molecule has 0 aliphatic heterocycles. The summed E-state index contributed by atoms with van der Waals surface area (Å²) in [7, 11) is 0. The standard InChI is InChI=1S/C4H4N2OS.C4H11N/c5-4(7)3-1-6-2-8-3;1-3-5-4-2/h1-2H,(H2,5,7);5H,3-4H2,1-2H3. The molecule has 0 atom stereocenters. The first-order valence-corrected chi connectivity index (χ1v) is 4.99. The first-order valence-electron chi connectivity index (χ1n) is 4.11. The van der Waals surface area contributed by atoms with Gasteiger partial charge in [0.25, 0.3) is 5.91 Å². The van der Waals surface area contributed by atoms with Gasteiger partial charge in [0.1, 0.15) is 4.88 Å². The van der Waals surface area contributed by atoms with Crippen LogP contribution in [0.2, 0.25) is 0 Å². The zero-order valence-corrected chi connectivity index (χ0v) is 8.73. The van der Waals surface area contributed by atoms with Gasteiger partial charge < -0.3 is 11.1 Å². The van der Waals surface area contributed by atoms with Crippen molar-refractivity contribution in [2.45, 2.75) is 13.8 Å². The Morgan fingerprint density at radius 3 is 2.38 bits per heavy atom. The van der Waals surface area contributed by atoms with E-state index in [0.29, 0.717) is 4.88 Å². The molecule has 0 saturated carbocycles. The maximum absolute atomic E-state index is 10.3. The lowest BCUT2D eigenvalue weighted by atomic mass is 10.5. The molecule has 13 heavy (non-hydrogen) atoms. The van der Waals surface area contributed by atoms with Gasteiger partial charge in [0.15, 0.2) is 0 Å². The van der Waals surface area contributed by atoms with Crippen molar-refractivity contribution in [3.8, 4) is 0 Å². The normalized spacial score (nSPS) is 8.77. The van der Waals surface area contributed by atoms with Gasteiger partial charge in [-0.25, -0.2) is 0 Å². The minimum atomic E-state index is -0.410. The topological polar surface area (TPSA) is 68.0 Å². The first-order chi connectivity index (χ1) is 6.22. The van der Waals surface area contributed by atoms with E-state index in [1.54, 1.807) is 5.51 Å². The van der Waals surface area contributed by atoms with Crippen molar-refractivity contribution >= 4 is 17.2 Å². The molecule has 1 aromatic rings. The quantitative estimate of drug-likeness (QED) is 0.762. The van der Waals surface area contributed by atoms with Crippen LogP contribution in [0.1, 0.15) is 23.5 Å². The van der Waals surface area contributed by atoms with Crippen LogP contribution in [0.3, 0.4) is 0 Å². The van der Waals surface area contributed by atoms with Gasteiger partial charge in [-0.15, -0.1) is 11.3 Å². The third-order valence-corrected chi connectivity index (χ3v) is 1.96. The molecule has 1 aromatic heterocycles. The van der Waals surface area contributed by atoms with Gasteiger partial charge in [-0.05, 0) is 13.1 Å². The van der Waals surface area contributed by atoms with Gasteiger partial charge in [0.2, 0.25) is 0 Å². The Hall–Kier alpha value is -0.940. The number of aromatic nitrogens is 1. The number of rotatable bonds is 3. The summed E-state index contributed by atoms with van der Waals surface area (Å²) in [5.74, 6) is -0.410. The number of primary amides is 1. The molecule has 1 amide bonds. The summed E-state index contributed by atoms with van der Waals surface area (Å²) in [5.41, 5.74) is 6.46. The van der Waals surface area contributed by atoms with E-state index >= 15 is 0 Å². The van der Waals surface area contributed by atoms with Gasteiger partial charge in [0.05, 0.1) is 11.7 Å². The van der Waals surface area contributed by atoms with E-state index < -0.39 is 5.91 Å². The molecule has 0 fully saturated rings. The lowest BCUT2D eigenvalue weighted by Crippen LogP contribution is -2.09. The largest absolute Gasteiger partial charge is 0.365 e. The minimum absolute atomic E-state index is 0.410. The smallest absolute Gasteiger partial charge is 0.260 e. The van der Waals surface area contributed by atoms with Gasteiger partial charge in [0, 0.05) is 0 Å². The molecule has 3 N–H and O–H groups in total. The van der Waals surface area contributed by atoms with Crippen LogP contribution in [-0.2, 0) is 0 Å². The molecule has 0 aromatic carbocycles. The van der Waals surface area contributed by atoms with Crippen LogP contribution in [0, 0.1) is 0 Å². The monoisotopic (exact) mass is 201 g/mol. The summed E-state index contributed by atoms with van der Waals surface area (Å²) < 4.78 is 0. The van der Waals surface area contributed by atoms with Crippen LogP contribution >= 0.6 is 11.3 Å². The van der Waals surface area contributed by atoms with Crippen molar-refractivity contribution in [2.24, 2.45) is 5.73 Å². The lowest BCUT2D eigenvalue weighted by molar-refractivity contribution is 0.100. The van der Waals surface area contributed by atoms with Crippen molar-refractivity contribution < 1.29 is 4.79 Å². The molecule has 0 aliphatic carbocycles. The third kappa shape index (κ3) is 6.24. The molecule has 1 rings (SSSR count). The molecular formula is C8H15N3OS. The second kappa shape index (κ2) is 7.70. The molecule has 74 valence electrons. The number of hydrogen-bond acceptors (Lipinski definition) is 4. The Morgan fingerprint density at radius 2 is 2.23 bits per heavy atom. The van der Waals surface area contributed by atoms with E-state index in [1.807, 2.05) is 0 Å². The van der Waals surface area contributed by atoms with E-state index in [9.17, 15) is 4.79 Å². The average molecular weight is 201 g/mol. The van der Waals surface area contributed by atoms with Gasteiger partial charge >= 0.3 is 0 Å². The van der Waals surface area contributed by atoms with Crippen LogP contribution in [0.25, 0.3) is 0 Å². The van der Waals surface area contributed by atoms with Gasteiger partial charge in [-0.2, -0.15) is 0 Å². The predicted octanol–water partition coefficient (Wildman–Crippen LogP) is 0.858. The van der Waals surface area contributed by atoms with E-state index in [2.05, 4.69) is 24.1 Å². The molecule has 0 unspecified atom stereocenters. The summed E-state index contributed by atoms with van der Waals surface area (Å²) in [6.45, 7) is 6.39. The Morgan fingerprint density at radius 1 is 1.62 bits per heavy atom. The van der Waals surface area contributed by atoms with Crippen molar-refractivity contribution in [3.63, 3.8) is 0 Å². The summed E-state index contributed by atoms with van der Waals surface area (Å²) in [5, 5.41) is 3.11. The summed E-state index contributed by atoms with van der Waals surface area (Å²) >= 11 is 1.25. The number of nitrogens with zero attached hydrogens (tertiary/aromatic N) is 1. The summed E-state index contributed by atoms with van der Waals surface area (Å²) in [6.07, 6.45) is 1.45. The number of carbonyl (C=O) groups is 1. The first kappa shape index (κ1) is 12.1. The van der Waals surface area contributed by atoms with Gasteiger partial charge in [-0.1, -0.05) is 13.8 Å². The summed E-state index contributed by atoms with van der Waals surface area (Å²) in [6, 6.07) is 0. The van der Waals surface area contributed by atoms with Crippen LogP contribution in [0.4, 0.5) is 0 Å². The lowest BCUT2D eigenvalue weighted by Gasteiger charge is -1.86. The highest BCUT2D eigenvalue weighted by Crippen LogP contribution is 2.02. The zero-order valence-electron chi connectivity index (χ0n) is 7.91. The molecule has 1 heterocycles. The van der Waals surface area contributed by atoms with Crippen LogP contribution in [0.5, 0.6) is 0 Å². The molecule has 0 aliphatic rings. The second-order valence-electron chi connectivity index (χ2n) is 2.19. The van der Waals surface area contributed by atoms with Crippen LogP contribution in [0.15, 0.2) is 11.7 Å². The fourth-order valence-corrected chi connectivity index (χ4v) is 1.06. The van der Waals surface area contributed by atoms with Gasteiger partial charge in [-0.3, -0.25) is 9.78 Å².